The summed E-state index contributed by atoms with van der Waals surface area (Å²) < 4.78 is 0. The number of hydrogen-bond acceptors (Lipinski definition) is 5. The minimum atomic E-state index is 0.482. The predicted octanol–water partition coefficient (Wildman–Crippen LogP) is 1.83. The van der Waals surface area contributed by atoms with E-state index in [2.05, 4.69) is 53.1 Å². The Labute approximate surface area is 163 Å². The minimum Gasteiger partial charge on any atom is -0.357 e. The minimum absolute atomic E-state index is 0.482. The lowest BCUT2D eigenvalue weighted by molar-refractivity contribution is 0.109. The molecule has 1 aliphatic rings. The number of hydrogen-bond donors (Lipinski definition) is 2. The molecule has 0 spiro atoms. The summed E-state index contributed by atoms with van der Waals surface area (Å²) in [4.78, 5) is 15.7. The summed E-state index contributed by atoms with van der Waals surface area (Å²) in [6.07, 6.45) is 4.02. The molecule has 0 saturated carbocycles. The van der Waals surface area contributed by atoms with Crippen molar-refractivity contribution in [2.24, 2.45) is 4.99 Å². The van der Waals surface area contributed by atoms with Crippen molar-refractivity contribution < 1.29 is 0 Å². The van der Waals surface area contributed by atoms with Crippen LogP contribution in [0.1, 0.15) is 37.6 Å². The highest BCUT2D eigenvalue weighted by Crippen LogP contribution is 2.13. The van der Waals surface area contributed by atoms with Gasteiger partial charge in [0, 0.05) is 62.8 Å². The molecule has 1 fully saturated rings. The largest absolute Gasteiger partial charge is 0.357 e. The lowest BCUT2D eigenvalue weighted by Gasteiger charge is -2.37. The van der Waals surface area contributed by atoms with Gasteiger partial charge in [0.2, 0.25) is 0 Å². The smallest absolute Gasteiger partial charge is 0.191 e. The lowest BCUT2D eigenvalue weighted by atomic mass is 10.2. The van der Waals surface area contributed by atoms with Gasteiger partial charge in [0.1, 0.15) is 0 Å². The van der Waals surface area contributed by atoms with Crippen LogP contribution in [0.5, 0.6) is 0 Å². The van der Waals surface area contributed by atoms with E-state index in [0.717, 1.165) is 58.1 Å². The van der Waals surface area contributed by atoms with E-state index >= 15 is 0 Å². The Morgan fingerprint density at radius 2 is 2.00 bits per heavy atom. The second kappa shape index (κ2) is 11.5. The zero-order chi connectivity index (χ0) is 18.8. The molecule has 0 aromatic carbocycles. The van der Waals surface area contributed by atoms with E-state index in [-0.39, 0.29) is 0 Å². The Morgan fingerprint density at radius 3 is 2.62 bits per heavy atom. The molecule has 0 aliphatic carbocycles. The van der Waals surface area contributed by atoms with Crippen molar-refractivity contribution in [3.05, 3.63) is 16.1 Å². The van der Waals surface area contributed by atoms with Crippen molar-refractivity contribution in [2.75, 3.05) is 52.4 Å². The Hall–Kier alpha value is -1.18. The first kappa shape index (κ1) is 21.1. The van der Waals surface area contributed by atoms with Crippen LogP contribution >= 0.6 is 11.3 Å². The second-order valence-electron chi connectivity index (χ2n) is 6.79. The molecule has 26 heavy (non-hydrogen) atoms. The van der Waals surface area contributed by atoms with E-state index in [0.29, 0.717) is 6.04 Å². The molecule has 1 atom stereocenters. The van der Waals surface area contributed by atoms with Gasteiger partial charge in [-0.3, -0.25) is 9.89 Å². The average Bonchev–Trinajstić information content (AvgIpc) is 3.14. The fourth-order valence-electron chi connectivity index (χ4n) is 3.12. The first-order valence-corrected chi connectivity index (χ1v) is 10.9. The first-order chi connectivity index (χ1) is 12.7. The lowest BCUT2D eigenvalue weighted by Crippen LogP contribution is -2.50. The van der Waals surface area contributed by atoms with Crippen molar-refractivity contribution in [2.45, 2.75) is 46.6 Å². The van der Waals surface area contributed by atoms with E-state index in [4.69, 9.17) is 4.99 Å². The van der Waals surface area contributed by atoms with Gasteiger partial charge in [-0.25, -0.2) is 4.98 Å². The van der Waals surface area contributed by atoms with Gasteiger partial charge in [-0.05, 0) is 26.8 Å². The van der Waals surface area contributed by atoms with Gasteiger partial charge in [0.25, 0.3) is 0 Å². The van der Waals surface area contributed by atoms with Gasteiger partial charge in [-0.1, -0.05) is 13.8 Å². The van der Waals surface area contributed by atoms with Gasteiger partial charge in [-0.2, -0.15) is 0 Å². The molecule has 1 unspecified atom stereocenters. The summed E-state index contributed by atoms with van der Waals surface area (Å²) in [5, 5.41) is 8.01. The second-order valence-corrected chi connectivity index (χ2v) is 7.99. The molecule has 1 aromatic rings. The molecule has 2 rings (SSSR count). The third-order valence-electron chi connectivity index (χ3n) is 4.92. The van der Waals surface area contributed by atoms with Gasteiger partial charge in [0.05, 0.1) is 11.6 Å². The third kappa shape index (κ3) is 6.85. The van der Waals surface area contributed by atoms with E-state index in [1.165, 1.54) is 23.0 Å². The molecule has 1 aromatic heterocycles. The van der Waals surface area contributed by atoms with Crippen LogP contribution in [0, 0.1) is 0 Å². The molecule has 1 saturated heterocycles. The van der Waals surface area contributed by atoms with Gasteiger partial charge >= 0.3 is 0 Å². The van der Waals surface area contributed by atoms with E-state index in [1.807, 2.05) is 17.5 Å². The van der Waals surface area contributed by atoms with Crippen LogP contribution < -0.4 is 10.6 Å². The van der Waals surface area contributed by atoms with Crippen molar-refractivity contribution in [3.8, 4) is 0 Å². The molecular weight excluding hydrogens is 344 g/mol. The van der Waals surface area contributed by atoms with Crippen molar-refractivity contribution in [1.82, 2.24) is 25.4 Å². The van der Waals surface area contributed by atoms with Crippen molar-refractivity contribution in [3.63, 3.8) is 0 Å². The molecule has 0 radical (unpaired) electrons. The Bertz CT molecular complexity index is 536. The fraction of sp³-hybridized carbons (Fsp3) is 0.789. The number of nitrogens with one attached hydrogen (secondary N) is 2. The summed E-state index contributed by atoms with van der Waals surface area (Å²) in [7, 11) is 0. The van der Waals surface area contributed by atoms with Gasteiger partial charge in [0.15, 0.2) is 5.96 Å². The van der Waals surface area contributed by atoms with E-state index in [1.54, 1.807) is 0 Å². The summed E-state index contributed by atoms with van der Waals surface area (Å²) >= 11 is 1.81. The predicted molar refractivity (Wildman–Crippen MR) is 112 cm³/mol. The monoisotopic (exact) mass is 380 g/mol. The van der Waals surface area contributed by atoms with Crippen LogP contribution in [0.25, 0.3) is 0 Å². The number of aromatic nitrogens is 1. The standard InChI is InChI=1S/C19H36N6S/c1-5-17-15-22-18(26-17)8-9-21-19(20-6-2)23-14-16(4)25-12-10-24(7-3)11-13-25/h15-16H,5-14H2,1-4H3,(H2,20,21,23). The van der Waals surface area contributed by atoms with Crippen LogP contribution in [-0.2, 0) is 12.8 Å². The van der Waals surface area contributed by atoms with Gasteiger partial charge in [-0.15, -0.1) is 11.3 Å². The Balaban J connectivity index is 1.76. The number of rotatable bonds is 9. The number of guanidine groups is 1. The number of likely N-dealkylation sites (N-methyl/N-ethyl adjacent to an activating group) is 1. The highest BCUT2D eigenvalue weighted by atomic mass is 32.1. The van der Waals surface area contributed by atoms with Crippen LogP contribution in [0.4, 0.5) is 0 Å². The number of nitrogens with zero attached hydrogens (tertiary/aromatic N) is 4. The summed E-state index contributed by atoms with van der Waals surface area (Å²) in [6, 6.07) is 0.482. The Morgan fingerprint density at radius 1 is 1.23 bits per heavy atom. The van der Waals surface area contributed by atoms with Crippen molar-refractivity contribution >= 4 is 17.3 Å². The van der Waals surface area contributed by atoms with Crippen LogP contribution in [0.3, 0.4) is 0 Å². The number of aryl methyl sites for hydroxylation is 1. The third-order valence-corrected chi connectivity index (χ3v) is 6.12. The first-order valence-electron chi connectivity index (χ1n) is 10.1. The number of thiazole rings is 1. The summed E-state index contributed by atoms with van der Waals surface area (Å²) in [5.74, 6) is 0.916. The highest BCUT2D eigenvalue weighted by Gasteiger charge is 2.19. The molecule has 1 aliphatic heterocycles. The molecule has 7 heteroatoms. The number of aliphatic imine (C=N–C) groups is 1. The maximum absolute atomic E-state index is 4.80. The molecule has 148 valence electrons. The summed E-state index contributed by atoms with van der Waals surface area (Å²) in [5.41, 5.74) is 0. The SMILES string of the molecule is CCNC(=NCC(C)N1CCN(CC)CC1)NCCc1ncc(CC)s1. The van der Waals surface area contributed by atoms with Gasteiger partial charge < -0.3 is 15.5 Å². The zero-order valence-corrected chi connectivity index (χ0v) is 17.7. The fourth-order valence-corrected chi connectivity index (χ4v) is 3.98. The average molecular weight is 381 g/mol. The van der Waals surface area contributed by atoms with Crippen LogP contribution in [0.2, 0.25) is 0 Å². The van der Waals surface area contributed by atoms with Crippen LogP contribution in [-0.4, -0.2) is 79.1 Å². The molecular formula is C19H36N6S. The molecule has 6 nitrogen and oxygen atoms in total. The normalized spacial score (nSPS) is 18.1. The summed E-state index contributed by atoms with van der Waals surface area (Å²) in [6.45, 7) is 17.2. The Kier molecular flexibility index (Phi) is 9.36. The molecule has 0 amide bonds. The topological polar surface area (TPSA) is 55.8 Å². The van der Waals surface area contributed by atoms with Crippen LogP contribution in [0.15, 0.2) is 11.2 Å². The maximum Gasteiger partial charge on any atom is 0.191 e. The molecule has 0 bridgehead atoms. The molecule has 2 heterocycles. The maximum atomic E-state index is 4.80. The van der Waals surface area contributed by atoms with Crippen molar-refractivity contribution in [1.29, 1.82) is 0 Å². The highest BCUT2D eigenvalue weighted by molar-refractivity contribution is 7.11. The zero-order valence-electron chi connectivity index (χ0n) is 16.9. The quantitative estimate of drug-likeness (QED) is 0.506. The number of piperazine rings is 1. The van der Waals surface area contributed by atoms with E-state index in [9.17, 15) is 0 Å². The molecule has 2 N–H and O–H groups in total. The van der Waals surface area contributed by atoms with E-state index < -0.39 is 0 Å².